The molecule has 106 valence electrons. The molecule has 0 bridgehead atoms. The molecule has 1 aromatic rings. The van der Waals surface area contributed by atoms with Crippen LogP contribution < -0.4 is 5.59 Å². The second-order valence-corrected chi connectivity index (χ2v) is 6.01. The molecule has 0 atom stereocenters. The molecule has 0 amide bonds. The SMILES string of the molecule is COCCc1cnn(C)c1B1OC(C)(C)C(C)(C)O1. The Morgan fingerprint density at radius 1 is 1.26 bits per heavy atom. The highest BCUT2D eigenvalue weighted by molar-refractivity contribution is 6.61. The van der Waals surface area contributed by atoms with Gasteiger partial charge in [0.15, 0.2) is 0 Å². The molecule has 19 heavy (non-hydrogen) atoms. The molecule has 0 spiro atoms. The zero-order valence-corrected chi connectivity index (χ0v) is 12.7. The van der Waals surface area contributed by atoms with Gasteiger partial charge in [0.1, 0.15) is 0 Å². The van der Waals surface area contributed by atoms with Gasteiger partial charge in [0.25, 0.3) is 0 Å². The summed E-state index contributed by atoms with van der Waals surface area (Å²) >= 11 is 0. The molecule has 2 heterocycles. The van der Waals surface area contributed by atoms with Crippen LogP contribution in [-0.2, 0) is 27.5 Å². The maximum Gasteiger partial charge on any atom is 0.514 e. The molecule has 0 N–H and O–H groups in total. The largest absolute Gasteiger partial charge is 0.514 e. The summed E-state index contributed by atoms with van der Waals surface area (Å²) in [5, 5.41) is 4.31. The van der Waals surface area contributed by atoms with E-state index >= 15 is 0 Å². The van der Waals surface area contributed by atoms with Gasteiger partial charge in [-0.25, -0.2) is 0 Å². The summed E-state index contributed by atoms with van der Waals surface area (Å²) < 4.78 is 19.1. The summed E-state index contributed by atoms with van der Waals surface area (Å²) in [7, 11) is 3.24. The monoisotopic (exact) mass is 266 g/mol. The number of aromatic nitrogens is 2. The number of rotatable bonds is 4. The minimum Gasteiger partial charge on any atom is -0.398 e. The quantitative estimate of drug-likeness (QED) is 0.760. The third-order valence-electron chi connectivity index (χ3n) is 4.12. The van der Waals surface area contributed by atoms with E-state index in [4.69, 9.17) is 14.0 Å². The molecular weight excluding hydrogens is 243 g/mol. The van der Waals surface area contributed by atoms with Crippen molar-refractivity contribution in [3.63, 3.8) is 0 Å². The van der Waals surface area contributed by atoms with Crippen molar-refractivity contribution < 1.29 is 14.0 Å². The van der Waals surface area contributed by atoms with Crippen molar-refractivity contribution in [2.24, 2.45) is 7.05 Å². The van der Waals surface area contributed by atoms with Crippen LogP contribution in [0.1, 0.15) is 33.3 Å². The lowest BCUT2D eigenvalue weighted by Gasteiger charge is -2.32. The number of methoxy groups -OCH3 is 1. The molecule has 2 rings (SSSR count). The van der Waals surface area contributed by atoms with E-state index in [9.17, 15) is 0 Å². The van der Waals surface area contributed by atoms with Crippen LogP contribution >= 0.6 is 0 Å². The zero-order valence-electron chi connectivity index (χ0n) is 12.7. The molecule has 5 nitrogen and oxygen atoms in total. The van der Waals surface area contributed by atoms with Crippen LogP contribution in [-0.4, -0.2) is 41.8 Å². The Labute approximate surface area is 115 Å². The molecule has 1 fully saturated rings. The minimum absolute atomic E-state index is 0.333. The van der Waals surface area contributed by atoms with E-state index < -0.39 is 0 Å². The Morgan fingerprint density at radius 2 is 1.84 bits per heavy atom. The van der Waals surface area contributed by atoms with Gasteiger partial charge in [-0.05, 0) is 39.7 Å². The normalized spacial score (nSPS) is 21.1. The van der Waals surface area contributed by atoms with Crippen LogP contribution in [0.25, 0.3) is 0 Å². The third-order valence-corrected chi connectivity index (χ3v) is 4.12. The first-order chi connectivity index (χ1) is 8.78. The van der Waals surface area contributed by atoms with E-state index in [0.29, 0.717) is 6.61 Å². The number of ether oxygens (including phenoxy) is 1. The van der Waals surface area contributed by atoms with Crippen LogP contribution in [0.15, 0.2) is 6.20 Å². The summed E-state index contributed by atoms with van der Waals surface area (Å²) in [6.07, 6.45) is 2.67. The van der Waals surface area contributed by atoms with E-state index in [1.165, 1.54) is 0 Å². The fourth-order valence-electron chi connectivity index (χ4n) is 2.16. The van der Waals surface area contributed by atoms with Crippen molar-refractivity contribution in [3.05, 3.63) is 11.8 Å². The molecule has 0 saturated carbocycles. The van der Waals surface area contributed by atoms with Gasteiger partial charge in [-0.1, -0.05) is 0 Å². The van der Waals surface area contributed by atoms with E-state index in [1.807, 2.05) is 17.9 Å². The minimum atomic E-state index is -0.371. The first-order valence-corrected chi connectivity index (χ1v) is 6.64. The molecule has 6 heteroatoms. The molecular formula is C13H23BN2O3. The van der Waals surface area contributed by atoms with Gasteiger partial charge in [-0.3, -0.25) is 4.68 Å². The first-order valence-electron chi connectivity index (χ1n) is 6.64. The first kappa shape index (κ1) is 14.6. The van der Waals surface area contributed by atoms with Crippen molar-refractivity contribution in [1.29, 1.82) is 0 Å². The smallest absolute Gasteiger partial charge is 0.398 e. The number of aryl methyl sites for hydroxylation is 1. The maximum absolute atomic E-state index is 6.09. The zero-order chi connectivity index (χ0) is 14.3. The molecule has 0 aliphatic carbocycles. The van der Waals surface area contributed by atoms with Gasteiger partial charge in [0.05, 0.1) is 29.6 Å². The summed E-state index contributed by atoms with van der Waals surface area (Å²) in [5.41, 5.74) is 1.43. The van der Waals surface area contributed by atoms with E-state index in [0.717, 1.165) is 17.6 Å². The summed E-state index contributed by atoms with van der Waals surface area (Å²) in [4.78, 5) is 0. The highest BCUT2D eigenvalue weighted by Gasteiger charge is 2.53. The van der Waals surface area contributed by atoms with Gasteiger partial charge in [-0.2, -0.15) is 5.10 Å². The lowest BCUT2D eigenvalue weighted by Crippen LogP contribution is -2.41. The lowest BCUT2D eigenvalue weighted by atomic mass is 9.81. The average Bonchev–Trinajstić information content (AvgIpc) is 2.74. The van der Waals surface area contributed by atoms with E-state index in [1.54, 1.807) is 7.11 Å². The van der Waals surface area contributed by atoms with Crippen molar-refractivity contribution >= 4 is 12.7 Å². The summed E-state index contributed by atoms with van der Waals surface area (Å²) in [6, 6.07) is 0. The second-order valence-electron chi connectivity index (χ2n) is 6.01. The Balaban J connectivity index is 2.26. The predicted molar refractivity (Wildman–Crippen MR) is 74.5 cm³/mol. The lowest BCUT2D eigenvalue weighted by molar-refractivity contribution is 0.00578. The fourth-order valence-corrected chi connectivity index (χ4v) is 2.16. The van der Waals surface area contributed by atoms with E-state index in [-0.39, 0.29) is 18.3 Å². The van der Waals surface area contributed by atoms with Crippen LogP contribution in [0.2, 0.25) is 0 Å². The van der Waals surface area contributed by atoms with E-state index in [2.05, 4.69) is 32.8 Å². The maximum atomic E-state index is 6.09. The highest BCUT2D eigenvalue weighted by atomic mass is 16.7. The molecule has 0 radical (unpaired) electrons. The van der Waals surface area contributed by atoms with Gasteiger partial charge in [0, 0.05) is 14.2 Å². The summed E-state index contributed by atoms with van der Waals surface area (Å²) in [5.74, 6) is 0. The van der Waals surface area contributed by atoms with Crippen molar-refractivity contribution in [3.8, 4) is 0 Å². The Kier molecular flexibility index (Phi) is 3.77. The second kappa shape index (κ2) is 4.92. The van der Waals surface area contributed by atoms with Crippen molar-refractivity contribution in [2.45, 2.75) is 45.3 Å². The number of nitrogens with zero attached hydrogens (tertiary/aromatic N) is 2. The van der Waals surface area contributed by atoms with Crippen LogP contribution in [0.3, 0.4) is 0 Å². The van der Waals surface area contributed by atoms with Gasteiger partial charge in [-0.15, -0.1) is 0 Å². The standard InChI is InChI=1S/C13H23BN2O3/c1-12(2)13(3,4)19-14(18-12)11-10(7-8-17-6)9-15-16(11)5/h9H,7-8H2,1-6H3. The average molecular weight is 266 g/mol. The third kappa shape index (κ3) is 2.57. The van der Waals surface area contributed by atoms with Crippen molar-refractivity contribution in [2.75, 3.05) is 13.7 Å². The Bertz CT molecular complexity index is 441. The Morgan fingerprint density at radius 3 is 2.37 bits per heavy atom. The Hall–Kier alpha value is -0.845. The van der Waals surface area contributed by atoms with Gasteiger partial charge >= 0.3 is 7.12 Å². The molecule has 0 aromatic carbocycles. The fraction of sp³-hybridized carbons (Fsp3) is 0.769. The number of hydrogen-bond donors (Lipinski definition) is 0. The van der Waals surface area contributed by atoms with Gasteiger partial charge in [0.2, 0.25) is 0 Å². The molecule has 0 unspecified atom stereocenters. The molecule has 1 aliphatic rings. The molecule has 1 saturated heterocycles. The van der Waals surface area contributed by atoms with Crippen LogP contribution in [0.5, 0.6) is 0 Å². The highest BCUT2D eigenvalue weighted by Crippen LogP contribution is 2.36. The van der Waals surface area contributed by atoms with Crippen LogP contribution in [0, 0.1) is 0 Å². The molecule has 1 aliphatic heterocycles. The van der Waals surface area contributed by atoms with Gasteiger partial charge < -0.3 is 14.0 Å². The topological polar surface area (TPSA) is 45.5 Å². The van der Waals surface area contributed by atoms with Crippen LogP contribution in [0.4, 0.5) is 0 Å². The summed E-state index contributed by atoms with van der Waals surface area (Å²) in [6.45, 7) is 8.88. The predicted octanol–water partition coefficient (Wildman–Crippen LogP) is 0.908. The molecule has 1 aromatic heterocycles. The van der Waals surface area contributed by atoms with Crippen molar-refractivity contribution in [1.82, 2.24) is 9.78 Å². The number of hydrogen-bond acceptors (Lipinski definition) is 4.